The quantitative estimate of drug-likeness (QED) is 0.592. The molecule has 0 nitrogen and oxygen atoms in total. The third-order valence-corrected chi connectivity index (χ3v) is 3.60. The smallest absolute Gasteiger partial charge is 0.0499 e. The van der Waals surface area contributed by atoms with Crippen molar-refractivity contribution in [1.82, 2.24) is 0 Å². The zero-order valence-corrected chi connectivity index (χ0v) is 11.7. The second-order valence-corrected chi connectivity index (χ2v) is 5.05. The molecule has 17 heavy (non-hydrogen) atoms. The Balaban J connectivity index is 2.71. The van der Waals surface area contributed by atoms with Crippen molar-refractivity contribution in [3.63, 3.8) is 0 Å². The lowest BCUT2D eigenvalue weighted by Crippen LogP contribution is -1.88. The first-order valence-electron chi connectivity index (χ1n) is 4.92. The summed E-state index contributed by atoms with van der Waals surface area (Å²) in [5.41, 5.74) is 2.60. The molecule has 0 radical (unpaired) electrons. The third-order valence-electron chi connectivity index (χ3n) is 2.45. The van der Waals surface area contributed by atoms with Crippen LogP contribution in [0.3, 0.4) is 0 Å². The molecule has 88 valence electrons. The van der Waals surface area contributed by atoms with Gasteiger partial charge >= 0.3 is 0 Å². The minimum absolute atomic E-state index is 0.383. The van der Waals surface area contributed by atoms with Gasteiger partial charge in [-0.1, -0.05) is 46.9 Å². The third kappa shape index (κ3) is 2.71. The minimum Gasteiger partial charge on any atom is -0.122 e. The molecule has 0 aliphatic rings. The van der Waals surface area contributed by atoms with Crippen LogP contribution in [0.5, 0.6) is 0 Å². The highest BCUT2D eigenvalue weighted by Crippen LogP contribution is 2.38. The molecule has 0 saturated carbocycles. The SMILES string of the molecule is ClCc1ccc(Cl)cc1-c1c(Cl)cccc1Cl. The molecule has 0 fully saturated rings. The fourth-order valence-electron chi connectivity index (χ4n) is 1.65. The van der Waals surface area contributed by atoms with Crippen LogP contribution in [0.4, 0.5) is 0 Å². The van der Waals surface area contributed by atoms with Gasteiger partial charge in [-0.05, 0) is 35.4 Å². The maximum absolute atomic E-state index is 6.17. The molecule has 4 heteroatoms. The van der Waals surface area contributed by atoms with E-state index in [9.17, 15) is 0 Å². The van der Waals surface area contributed by atoms with E-state index in [-0.39, 0.29) is 0 Å². The van der Waals surface area contributed by atoms with E-state index < -0.39 is 0 Å². The van der Waals surface area contributed by atoms with Gasteiger partial charge in [-0.2, -0.15) is 0 Å². The topological polar surface area (TPSA) is 0 Å². The molecule has 2 rings (SSSR count). The summed E-state index contributed by atoms with van der Waals surface area (Å²) < 4.78 is 0. The molecule has 0 bridgehead atoms. The molecule has 2 aromatic rings. The Labute approximate surface area is 120 Å². The molecule has 0 amide bonds. The minimum atomic E-state index is 0.383. The van der Waals surface area contributed by atoms with Gasteiger partial charge in [-0.3, -0.25) is 0 Å². The predicted molar refractivity (Wildman–Crippen MR) is 76.5 cm³/mol. The van der Waals surface area contributed by atoms with Crippen LogP contribution in [0.2, 0.25) is 15.1 Å². The molecule has 2 aromatic carbocycles. The van der Waals surface area contributed by atoms with Crippen LogP contribution >= 0.6 is 46.4 Å². The first-order valence-corrected chi connectivity index (χ1v) is 6.59. The van der Waals surface area contributed by atoms with Crippen molar-refractivity contribution in [3.05, 3.63) is 57.0 Å². The average Bonchev–Trinajstić information content (AvgIpc) is 2.29. The average molecular weight is 306 g/mol. The van der Waals surface area contributed by atoms with Crippen LogP contribution in [0.1, 0.15) is 5.56 Å². The summed E-state index contributed by atoms with van der Waals surface area (Å²) in [6.45, 7) is 0. The Morgan fingerprint density at radius 1 is 0.882 bits per heavy atom. The zero-order valence-electron chi connectivity index (χ0n) is 8.68. The van der Waals surface area contributed by atoms with Crippen molar-refractivity contribution in [2.45, 2.75) is 5.88 Å². The highest BCUT2D eigenvalue weighted by atomic mass is 35.5. The maximum atomic E-state index is 6.17. The van der Waals surface area contributed by atoms with Crippen molar-refractivity contribution in [2.24, 2.45) is 0 Å². The zero-order chi connectivity index (χ0) is 12.4. The fourth-order valence-corrected chi connectivity index (χ4v) is 2.66. The lowest BCUT2D eigenvalue weighted by Gasteiger charge is -2.11. The van der Waals surface area contributed by atoms with E-state index in [1.54, 1.807) is 24.3 Å². The molecule has 0 aliphatic heterocycles. The lowest BCUT2D eigenvalue weighted by atomic mass is 10.0. The molecule has 0 heterocycles. The Morgan fingerprint density at radius 2 is 1.53 bits per heavy atom. The van der Waals surface area contributed by atoms with Crippen LogP contribution in [0.15, 0.2) is 36.4 Å². The summed E-state index contributed by atoms with van der Waals surface area (Å²) in [4.78, 5) is 0. The van der Waals surface area contributed by atoms with E-state index >= 15 is 0 Å². The molecule has 0 saturated heterocycles. The lowest BCUT2D eigenvalue weighted by molar-refractivity contribution is 1.40. The largest absolute Gasteiger partial charge is 0.122 e. The van der Waals surface area contributed by atoms with Gasteiger partial charge in [0, 0.05) is 26.5 Å². The molecule has 0 spiro atoms. The van der Waals surface area contributed by atoms with Gasteiger partial charge in [0.2, 0.25) is 0 Å². The van der Waals surface area contributed by atoms with Gasteiger partial charge in [0.15, 0.2) is 0 Å². The summed E-state index contributed by atoms with van der Waals surface area (Å²) in [5, 5.41) is 1.81. The van der Waals surface area contributed by atoms with Crippen LogP contribution in [-0.2, 0) is 5.88 Å². The van der Waals surface area contributed by atoms with Crippen LogP contribution in [-0.4, -0.2) is 0 Å². The number of alkyl halides is 1. The summed E-state index contributed by atoms with van der Waals surface area (Å²) in [6, 6.07) is 10.9. The summed E-state index contributed by atoms with van der Waals surface area (Å²) in [6.07, 6.45) is 0. The van der Waals surface area contributed by atoms with E-state index in [1.807, 2.05) is 12.1 Å². The fraction of sp³-hybridized carbons (Fsp3) is 0.0769. The number of rotatable bonds is 2. The maximum Gasteiger partial charge on any atom is 0.0499 e. The normalized spacial score (nSPS) is 10.6. The molecule has 0 unspecified atom stereocenters. The molecule has 0 atom stereocenters. The van der Waals surface area contributed by atoms with Crippen LogP contribution < -0.4 is 0 Å². The van der Waals surface area contributed by atoms with E-state index in [2.05, 4.69) is 0 Å². The molecule has 0 aromatic heterocycles. The molecular formula is C13H8Cl4. The number of hydrogen-bond donors (Lipinski definition) is 0. The number of benzene rings is 2. The Bertz CT molecular complexity index is 529. The Kier molecular flexibility index (Phi) is 4.22. The van der Waals surface area contributed by atoms with Crippen molar-refractivity contribution in [2.75, 3.05) is 0 Å². The summed E-state index contributed by atoms with van der Waals surface area (Å²) in [5.74, 6) is 0.383. The first-order chi connectivity index (χ1) is 8.13. The number of halogens is 4. The van der Waals surface area contributed by atoms with E-state index in [0.717, 1.165) is 16.7 Å². The highest BCUT2D eigenvalue weighted by Gasteiger charge is 2.12. The van der Waals surface area contributed by atoms with Gasteiger partial charge in [-0.15, -0.1) is 11.6 Å². The van der Waals surface area contributed by atoms with E-state index in [4.69, 9.17) is 46.4 Å². The summed E-state index contributed by atoms with van der Waals surface area (Å²) >= 11 is 24.3. The van der Waals surface area contributed by atoms with Crippen molar-refractivity contribution in [1.29, 1.82) is 0 Å². The van der Waals surface area contributed by atoms with Crippen LogP contribution in [0.25, 0.3) is 11.1 Å². The van der Waals surface area contributed by atoms with E-state index in [1.165, 1.54) is 0 Å². The van der Waals surface area contributed by atoms with Crippen molar-refractivity contribution in [3.8, 4) is 11.1 Å². The standard InChI is InChI=1S/C13H8Cl4/c14-7-8-4-5-9(15)6-10(8)13-11(16)2-1-3-12(13)17/h1-6H,7H2. The van der Waals surface area contributed by atoms with Crippen molar-refractivity contribution >= 4 is 46.4 Å². The van der Waals surface area contributed by atoms with E-state index in [0.29, 0.717) is 20.9 Å². The van der Waals surface area contributed by atoms with Gasteiger partial charge < -0.3 is 0 Å². The van der Waals surface area contributed by atoms with Crippen molar-refractivity contribution < 1.29 is 0 Å². The van der Waals surface area contributed by atoms with Gasteiger partial charge in [0.1, 0.15) is 0 Å². The monoisotopic (exact) mass is 304 g/mol. The van der Waals surface area contributed by atoms with Crippen LogP contribution in [0, 0.1) is 0 Å². The van der Waals surface area contributed by atoms with Gasteiger partial charge in [0.05, 0.1) is 0 Å². The highest BCUT2D eigenvalue weighted by molar-refractivity contribution is 6.39. The number of hydrogen-bond acceptors (Lipinski definition) is 0. The van der Waals surface area contributed by atoms with Gasteiger partial charge in [0.25, 0.3) is 0 Å². The summed E-state index contributed by atoms with van der Waals surface area (Å²) in [7, 11) is 0. The Hall–Kier alpha value is -0.400. The second kappa shape index (κ2) is 5.49. The van der Waals surface area contributed by atoms with Gasteiger partial charge in [-0.25, -0.2) is 0 Å². The molecular weight excluding hydrogens is 298 g/mol. The molecule has 0 N–H and O–H groups in total. The first kappa shape index (κ1) is 13.0. The predicted octanol–water partition coefficient (Wildman–Crippen LogP) is 6.05. The second-order valence-electron chi connectivity index (χ2n) is 3.53. The molecule has 0 aliphatic carbocycles. The Morgan fingerprint density at radius 3 is 2.12 bits per heavy atom.